The summed E-state index contributed by atoms with van der Waals surface area (Å²) in [6.07, 6.45) is 20.9. The lowest BCUT2D eigenvalue weighted by atomic mass is 9.93. The molecule has 0 aliphatic heterocycles. The predicted octanol–water partition coefficient (Wildman–Crippen LogP) is 5.34. The smallest absolute Gasteiger partial charge is 0.220 e. The Labute approximate surface area is 125 Å². The first-order valence-electron chi connectivity index (χ1n) is 9.10. The molecule has 118 valence electrons. The Hall–Kier alpha value is -0.530. The van der Waals surface area contributed by atoms with Crippen LogP contribution in [0.2, 0.25) is 0 Å². The molecule has 2 heteroatoms. The molecule has 1 amide bonds. The van der Waals surface area contributed by atoms with Gasteiger partial charge in [-0.1, -0.05) is 89.9 Å². The third-order valence-electron chi connectivity index (χ3n) is 4.76. The van der Waals surface area contributed by atoms with Crippen LogP contribution in [0.1, 0.15) is 103 Å². The van der Waals surface area contributed by atoms with Crippen LogP contribution in [0.15, 0.2) is 0 Å². The van der Waals surface area contributed by atoms with Crippen molar-refractivity contribution in [1.29, 1.82) is 0 Å². The lowest BCUT2D eigenvalue weighted by Crippen LogP contribution is -2.23. The average Bonchev–Trinajstić information content (AvgIpc) is 2.43. The summed E-state index contributed by atoms with van der Waals surface area (Å²) in [4.78, 5) is 11.5. The van der Waals surface area contributed by atoms with E-state index in [-0.39, 0.29) is 11.8 Å². The van der Waals surface area contributed by atoms with E-state index in [0.29, 0.717) is 0 Å². The first-order chi connectivity index (χ1) is 9.80. The van der Waals surface area contributed by atoms with Crippen LogP contribution in [0.4, 0.5) is 0 Å². The standard InChI is InChI=1S/C18H35NO/c19-18(20)17-15-13-11-9-7-5-3-1-2-4-6-8-10-12-14-16-17/h17H,1-16H2,(H2,19,20). The van der Waals surface area contributed by atoms with Gasteiger partial charge in [-0.3, -0.25) is 4.79 Å². The molecule has 1 rings (SSSR count). The van der Waals surface area contributed by atoms with Crippen LogP contribution in [0.3, 0.4) is 0 Å². The van der Waals surface area contributed by atoms with E-state index in [1.165, 1.54) is 89.9 Å². The summed E-state index contributed by atoms with van der Waals surface area (Å²) >= 11 is 0. The summed E-state index contributed by atoms with van der Waals surface area (Å²) in [6.45, 7) is 0. The van der Waals surface area contributed by atoms with Crippen molar-refractivity contribution < 1.29 is 4.79 Å². The maximum atomic E-state index is 11.5. The molecule has 0 radical (unpaired) electrons. The second-order valence-electron chi connectivity index (χ2n) is 6.63. The second kappa shape index (κ2) is 12.2. The lowest BCUT2D eigenvalue weighted by Gasteiger charge is -2.13. The predicted molar refractivity (Wildman–Crippen MR) is 86.6 cm³/mol. The van der Waals surface area contributed by atoms with E-state index in [2.05, 4.69) is 0 Å². The Morgan fingerprint density at radius 1 is 0.550 bits per heavy atom. The van der Waals surface area contributed by atoms with Gasteiger partial charge in [0.15, 0.2) is 0 Å². The van der Waals surface area contributed by atoms with Gasteiger partial charge in [0, 0.05) is 5.92 Å². The summed E-state index contributed by atoms with van der Waals surface area (Å²) in [5.74, 6) is 0.0774. The van der Waals surface area contributed by atoms with E-state index in [9.17, 15) is 4.79 Å². The van der Waals surface area contributed by atoms with Crippen LogP contribution in [-0.4, -0.2) is 5.91 Å². The Kier molecular flexibility index (Phi) is 10.7. The molecule has 1 fully saturated rings. The topological polar surface area (TPSA) is 43.1 Å². The molecule has 1 aliphatic carbocycles. The van der Waals surface area contributed by atoms with Crippen molar-refractivity contribution in [2.45, 2.75) is 103 Å². The van der Waals surface area contributed by atoms with Crippen LogP contribution >= 0.6 is 0 Å². The first kappa shape index (κ1) is 17.5. The van der Waals surface area contributed by atoms with E-state index in [1.807, 2.05) is 0 Å². The van der Waals surface area contributed by atoms with Crippen LogP contribution in [-0.2, 0) is 4.79 Å². The number of hydrogen-bond acceptors (Lipinski definition) is 1. The monoisotopic (exact) mass is 281 g/mol. The highest BCUT2D eigenvalue weighted by molar-refractivity contribution is 5.76. The normalized spacial score (nSPS) is 23.0. The van der Waals surface area contributed by atoms with Gasteiger partial charge in [-0.25, -0.2) is 0 Å². The third-order valence-corrected chi connectivity index (χ3v) is 4.76. The van der Waals surface area contributed by atoms with Gasteiger partial charge in [-0.2, -0.15) is 0 Å². The van der Waals surface area contributed by atoms with Crippen molar-refractivity contribution >= 4 is 5.91 Å². The largest absolute Gasteiger partial charge is 0.369 e. The molecule has 20 heavy (non-hydrogen) atoms. The number of amides is 1. The first-order valence-corrected chi connectivity index (χ1v) is 9.10. The molecule has 0 unspecified atom stereocenters. The summed E-state index contributed by atoms with van der Waals surface area (Å²) in [7, 11) is 0. The van der Waals surface area contributed by atoms with Crippen LogP contribution in [0.5, 0.6) is 0 Å². The zero-order valence-corrected chi connectivity index (χ0v) is 13.4. The maximum absolute atomic E-state index is 11.5. The molecule has 0 bridgehead atoms. The van der Waals surface area contributed by atoms with Crippen molar-refractivity contribution in [2.24, 2.45) is 11.7 Å². The minimum atomic E-state index is -0.0667. The SMILES string of the molecule is NC(=O)C1CCCCCCCCCCCCCCCC1. The highest BCUT2D eigenvalue weighted by Crippen LogP contribution is 2.20. The summed E-state index contributed by atoms with van der Waals surface area (Å²) in [5.41, 5.74) is 5.53. The van der Waals surface area contributed by atoms with Gasteiger partial charge in [0.1, 0.15) is 0 Å². The number of carbonyl (C=O) groups is 1. The van der Waals surface area contributed by atoms with Crippen molar-refractivity contribution in [3.63, 3.8) is 0 Å². The van der Waals surface area contributed by atoms with E-state index in [1.54, 1.807) is 0 Å². The van der Waals surface area contributed by atoms with Gasteiger partial charge in [-0.05, 0) is 12.8 Å². The summed E-state index contributed by atoms with van der Waals surface area (Å²) in [6, 6.07) is 0. The van der Waals surface area contributed by atoms with Gasteiger partial charge >= 0.3 is 0 Å². The number of hydrogen-bond donors (Lipinski definition) is 1. The zero-order chi connectivity index (χ0) is 14.5. The Bertz CT molecular complexity index is 222. The fourth-order valence-corrected chi connectivity index (χ4v) is 3.33. The number of rotatable bonds is 1. The molecule has 2 N–H and O–H groups in total. The van der Waals surface area contributed by atoms with Gasteiger partial charge in [0.25, 0.3) is 0 Å². The molecule has 0 aromatic heterocycles. The Balaban J connectivity index is 2.25. The van der Waals surface area contributed by atoms with Crippen LogP contribution < -0.4 is 5.73 Å². The molecule has 2 nitrogen and oxygen atoms in total. The minimum absolute atomic E-state index is 0.0667. The fourth-order valence-electron chi connectivity index (χ4n) is 3.33. The highest BCUT2D eigenvalue weighted by atomic mass is 16.1. The lowest BCUT2D eigenvalue weighted by molar-refractivity contribution is -0.122. The quantitative estimate of drug-likeness (QED) is 0.692. The third kappa shape index (κ3) is 9.39. The molecular formula is C18H35NO. The molecule has 0 aromatic carbocycles. The molecule has 1 saturated carbocycles. The maximum Gasteiger partial charge on any atom is 0.220 e. The van der Waals surface area contributed by atoms with Crippen LogP contribution in [0, 0.1) is 5.92 Å². The molecule has 0 spiro atoms. The van der Waals surface area contributed by atoms with Crippen LogP contribution in [0.25, 0.3) is 0 Å². The van der Waals surface area contributed by atoms with Gasteiger partial charge in [0.05, 0.1) is 0 Å². The molecule has 0 saturated heterocycles. The molecular weight excluding hydrogens is 246 g/mol. The van der Waals surface area contributed by atoms with Gasteiger partial charge < -0.3 is 5.73 Å². The molecule has 0 aromatic rings. The zero-order valence-electron chi connectivity index (χ0n) is 13.4. The summed E-state index contributed by atoms with van der Waals surface area (Å²) in [5, 5.41) is 0. The second-order valence-corrected chi connectivity index (χ2v) is 6.63. The van der Waals surface area contributed by atoms with Gasteiger partial charge in [-0.15, -0.1) is 0 Å². The van der Waals surface area contributed by atoms with Crippen molar-refractivity contribution in [1.82, 2.24) is 0 Å². The van der Waals surface area contributed by atoms with E-state index in [0.717, 1.165) is 12.8 Å². The van der Waals surface area contributed by atoms with Crippen molar-refractivity contribution in [3.05, 3.63) is 0 Å². The molecule has 1 aliphatic rings. The minimum Gasteiger partial charge on any atom is -0.369 e. The van der Waals surface area contributed by atoms with Gasteiger partial charge in [0.2, 0.25) is 5.91 Å². The van der Waals surface area contributed by atoms with Crippen molar-refractivity contribution in [3.8, 4) is 0 Å². The molecule has 0 heterocycles. The molecule has 0 atom stereocenters. The Morgan fingerprint density at radius 3 is 1.05 bits per heavy atom. The van der Waals surface area contributed by atoms with E-state index >= 15 is 0 Å². The van der Waals surface area contributed by atoms with E-state index < -0.39 is 0 Å². The Morgan fingerprint density at radius 2 is 0.800 bits per heavy atom. The number of primary amides is 1. The fraction of sp³-hybridized carbons (Fsp3) is 0.944. The van der Waals surface area contributed by atoms with Crippen molar-refractivity contribution in [2.75, 3.05) is 0 Å². The number of nitrogens with two attached hydrogens (primary N) is 1. The summed E-state index contributed by atoms with van der Waals surface area (Å²) < 4.78 is 0. The number of carbonyl (C=O) groups excluding carboxylic acids is 1. The average molecular weight is 281 g/mol. The van der Waals surface area contributed by atoms with E-state index in [4.69, 9.17) is 5.73 Å². The highest BCUT2D eigenvalue weighted by Gasteiger charge is 2.14.